The fourth-order valence-corrected chi connectivity index (χ4v) is 6.26. The molecular formula is C21H36O2Si. The van der Waals surface area contributed by atoms with Crippen molar-refractivity contribution < 1.29 is 9.22 Å². The zero-order valence-electron chi connectivity index (χ0n) is 17.0. The highest BCUT2D eigenvalue weighted by atomic mass is 28.4. The third-order valence-electron chi connectivity index (χ3n) is 7.58. The Morgan fingerprint density at radius 1 is 1.21 bits per heavy atom. The Bertz CT molecular complexity index is 581. The quantitative estimate of drug-likeness (QED) is 0.490. The van der Waals surface area contributed by atoms with Gasteiger partial charge in [0.2, 0.25) is 0 Å². The minimum absolute atomic E-state index is 0.0659. The van der Waals surface area contributed by atoms with E-state index in [1.807, 2.05) is 0 Å². The summed E-state index contributed by atoms with van der Waals surface area (Å²) < 4.78 is 6.50. The monoisotopic (exact) mass is 348 g/mol. The Kier molecular flexibility index (Phi) is 4.05. The Labute approximate surface area is 149 Å². The molecule has 24 heavy (non-hydrogen) atoms. The van der Waals surface area contributed by atoms with Crippen molar-refractivity contribution in [3.05, 3.63) is 11.6 Å². The van der Waals surface area contributed by atoms with E-state index in [-0.39, 0.29) is 16.4 Å². The summed E-state index contributed by atoms with van der Waals surface area (Å²) >= 11 is 0. The third-order valence-corrected chi connectivity index (χ3v) is 12.1. The van der Waals surface area contributed by atoms with Gasteiger partial charge in [0, 0.05) is 12.3 Å². The molecule has 0 radical (unpaired) electrons. The van der Waals surface area contributed by atoms with Gasteiger partial charge >= 0.3 is 0 Å². The largest absolute Gasteiger partial charge is 0.413 e. The van der Waals surface area contributed by atoms with E-state index < -0.39 is 8.32 Å². The summed E-state index contributed by atoms with van der Waals surface area (Å²) in [6, 6.07) is 0. The number of carbonyl (C=O) groups excluding carboxylic acids is 1. The van der Waals surface area contributed by atoms with E-state index in [4.69, 9.17) is 4.43 Å². The molecule has 0 aliphatic heterocycles. The Morgan fingerprint density at radius 3 is 2.42 bits per heavy atom. The molecular weight excluding hydrogens is 312 g/mol. The SMILES string of the molecule is CC1(C)CC2C3C(=O)CC(C)(C=C3CO[Si](C)(C)C(C)(C)C)C2C1. The Hall–Kier alpha value is -0.413. The second-order valence-corrected chi connectivity index (χ2v) is 16.0. The van der Waals surface area contributed by atoms with E-state index in [0.717, 1.165) is 6.42 Å². The van der Waals surface area contributed by atoms with Crippen molar-refractivity contribution in [1.29, 1.82) is 0 Å². The van der Waals surface area contributed by atoms with Crippen molar-refractivity contribution >= 4 is 14.1 Å². The standard InChI is InChI=1S/C21H36O2Si/c1-19(2,3)24(7,8)23-13-14-9-21(6)12-17(22)18(14)15-10-20(4,5)11-16(15)21/h9,15-16,18H,10-13H2,1-8H3. The van der Waals surface area contributed by atoms with Crippen LogP contribution in [0.2, 0.25) is 18.1 Å². The summed E-state index contributed by atoms with van der Waals surface area (Å²) in [7, 11) is -1.78. The molecule has 0 saturated heterocycles. The van der Waals surface area contributed by atoms with Crippen LogP contribution in [0.25, 0.3) is 0 Å². The van der Waals surface area contributed by atoms with E-state index in [1.54, 1.807) is 0 Å². The van der Waals surface area contributed by atoms with Crippen LogP contribution in [0, 0.1) is 28.6 Å². The van der Waals surface area contributed by atoms with E-state index in [0.29, 0.717) is 29.6 Å². The number of hydrogen-bond donors (Lipinski definition) is 0. The molecule has 2 saturated carbocycles. The normalized spacial score (nSPS) is 38.2. The van der Waals surface area contributed by atoms with Gasteiger partial charge in [-0.05, 0) is 59.2 Å². The van der Waals surface area contributed by atoms with E-state index in [9.17, 15) is 4.79 Å². The molecule has 4 atom stereocenters. The molecule has 0 N–H and O–H groups in total. The van der Waals surface area contributed by atoms with Crippen LogP contribution >= 0.6 is 0 Å². The van der Waals surface area contributed by atoms with Crippen LogP contribution in [-0.4, -0.2) is 20.7 Å². The minimum Gasteiger partial charge on any atom is -0.413 e. The number of allylic oxidation sites excluding steroid dienone is 1. The van der Waals surface area contributed by atoms with Gasteiger partial charge in [-0.15, -0.1) is 0 Å². The summed E-state index contributed by atoms with van der Waals surface area (Å²) in [6.07, 6.45) is 5.67. The minimum atomic E-state index is -1.78. The molecule has 0 aromatic heterocycles. The molecule has 136 valence electrons. The molecule has 0 spiro atoms. The van der Waals surface area contributed by atoms with Crippen LogP contribution in [0.3, 0.4) is 0 Å². The van der Waals surface area contributed by atoms with Gasteiger partial charge in [-0.25, -0.2) is 0 Å². The summed E-state index contributed by atoms with van der Waals surface area (Å²) in [5.74, 6) is 1.86. The van der Waals surface area contributed by atoms with E-state index in [1.165, 1.54) is 18.4 Å². The maximum absolute atomic E-state index is 12.9. The second-order valence-electron chi connectivity index (χ2n) is 11.2. The topological polar surface area (TPSA) is 26.3 Å². The number of ketones is 1. The number of rotatable bonds is 3. The molecule has 2 bridgehead atoms. The molecule has 2 fully saturated rings. The summed E-state index contributed by atoms with van der Waals surface area (Å²) in [6.45, 7) is 19.2. The van der Waals surface area contributed by atoms with Gasteiger partial charge in [-0.1, -0.05) is 47.6 Å². The van der Waals surface area contributed by atoms with Crippen molar-refractivity contribution in [2.45, 2.75) is 78.9 Å². The second kappa shape index (κ2) is 5.29. The van der Waals surface area contributed by atoms with Crippen molar-refractivity contribution in [3.8, 4) is 0 Å². The molecule has 4 rings (SSSR count). The van der Waals surface area contributed by atoms with Crippen molar-refractivity contribution in [2.24, 2.45) is 28.6 Å². The molecule has 0 amide bonds. The van der Waals surface area contributed by atoms with Crippen LogP contribution in [-0.2, 0) is 9.22 Å². The summed E-state index contributed by atoms with van der Waals surface area (Å²) in [5, 5.41) is 0.215. The molecule has 0 heterocycles. The van der Waals surface area contributed by atoms with Crippen LogP contribution in [0.4, 0.5) is 0 Å². The molecule has 0 aromatic carbocycles. The lowest BCUT2D eigenvalue weighted by atomic mass is 9.53. The Morgan fingerprint density at radius 2 is 1.83 bits per heavy atom. The molecule has 2 nitrogen and oxygen atoms in total. The van der Waals surface area contributed by atoms with Crippen molar-refractivity contribution in [2.75, 3.05) is 6.61 Å². The number of Topliss-reactive ketones (excluding diaryl/α,β-unsaturated/α-hetero) is 1. The first kappa shape index (κ1) is 18.4. The number of hydrogen-bond acceptors (Lipinski definition) is 2. The number of carbonyl (C=O) groups is 1. The molecule has 0 aromatic rings. The van der Waals surface area contributed by atoms with Crippen LogP contribution < -0.4 is 0 Å². The van der Waals surface area contributed by atoms with E-state index >= 15 is 0 Å². The maximum Gasteiger partial charge on any atom is 0.192 e. The fraction of sp³-hybridized carbons (Fsp3) is 0.857. The van der Waals surface area contributed by atoms with Gasteiger partial charge in [0.15, 0.2) is 8.32 Å². The first-order valence-electron chi connectivity index (χ1n) is 9.64. The third kappa shape index (κ3) is 2.86. The first-order valence-corrected chi connectivity index (χ1v) is 12.5. The molecule has 4 unspecified atom stereocenters. The van der Waals surface area contributed by atoms with Gasteiger partial charge in [-0.3, -0.25) is 4.79 Å². The van der Waals surface area contributed by atoms with Crippen molar-refractivity contribution in [1.82, 2.24) is 0 Å². The predicted molar refractivity (Wildman–Crippen MR) is 102 cm³/mol. The van der Waals surface area contributed by atoms with Gasteiger partial charge in [0.1, 0.15) is 5.78 Å². The lowest BCUT2D eigenvalue weighted by molar-refractivity contribution is -0.132. The Balaban J connectivity index is 1.85. The molecule has 4 aliphatic rings. The average molecular weight is 349 g/mol. The van der Waals surface area contributed by atoms with Crippen LogP contribution in [0.5, 0.6) is 0 Å². The van der Waals surface area contributed by atoms with Gasteiger partial charge < -0.3 is 4.43 Å². The van der Waals surface area contributed by atoms with Gasteiger partial charge in [0.25, 0.3) is 0 Å². The lowest BCUT2D eigenvalue weighted by Gasteiger charge is -2.51. The molecule has 4 aliphatic carbocycles. The zero-order chi connectivity index (χ0) is 18.1. The average Bonchev–Trinajstić information content (AvgIpc) is 2.71. The van der Waals surface area contributed by atoms with Crippen molar-refractivity contribution in [3.63, 3.8) is 0 Å². The first-order chi connectivity index (χ1) is 10.8. The van der Waals surface area contributed by atoms with Crippen LogP contribution in [0.1, 0.15) is 60.8 Å². The highest BCUT2D eigenvalue weighted by Gasteiger charge is 2.59. The highest BCUT2D eigenvalue weighted by molar-refractivity contribution is 6.74. The van der Waals surface area contributed by atoms with Crippen LogP contribution in [0.15, 0.2) is 11.6 Å². The highest BCUT2D eigenvalue weighted by Crippen LogP contribution is 2.63. The summed E-state index contributed by atoms with van der Waals surface area (Å²) in [4.78, 5) is 12.9. The van der Waals surface area contributed by atoms with Gasteiger partial charge in [-0.2, -0.15) is 0 Å². The predicted octanol–water partition coefficient (Wildman–Crippen LogP) is 5.60. The van der Waals surface area contributed by atoms with E-state index in [2.05, 4.69) is 60.7 Å². The number of fused-ring (bicyclic) bond motifs is 1. The lowest BCUT2D eigenvalue weighted by Crippen LogP contribution is -2.50. The molecule has 3 heteroatoms. The maximum atomic E-state index is 12.9. The zero-order valence-corrected chi connectivity index (χ0v) is 18.0. The van der Waals surface area contributed by atoms with Gasteiger partial charge in [0.05, 0.1) is 6.61 Å². The summed E-state index contributed by atoms with van der Waals surface area (Å²) in [5.41, 5.74) is 1.75. The smallest absolute Gasteiger partial charge is 0.192 e. The fourth-order valence-electron chi connectivity index (χ4n) is 5.30.